The highest BCUT2D eigenvalue weighted by atomic mass is 16.3. The first-order valence-electron chi connectivity index (χ1n) is 4.44. The Morgan fingerprint density at radius 2 is 2.00 bits per heavy atom. The van der Waals surface area contributed by atoms with Crippen LogP contribution in [-0.4, -0.2) is 33.2 Å². The second-order valence-electron chi connectivity index (χ2n) is 3.43. The minimum Gasteiger partial charge on any atom is -0.394 e. The van der Waals surface area contributed by atoms with Crippen molar-refractivity contribution in [2.75, 3.05) is 13.2 Å². The number of rotatable bonds is 4. The van der Waals surface area contributed by atoms with Crippen molar-refractivity contribution in [3.8, 4) is 0 Å². The SMILES string of the molecule is CC(C)c1cnn(C(CO)CO)c1. The molecule has 0 spiro atoms. The maximum atomic E-state index is 8.91. The standard InChI is InChI=1S/C9H16N2O2/c1-7(2)8-3-10-11(4-8)9(5-12)6-13/h3-4,7,9,12-13H,5-6H2,1-2H3. The third-order valence-electron chi connectivity index (χ3n) is 2.08. The summed E-state index contributed by atoms with van der Waals surface area (Å²) < 4.78 is 1.61. The molecule has 0 saturated carbocycles. The molecule has 1 aromatic rings. The van der Waals surface area contributed by atoms with Crippen LogP contribution in [0.25, 0.3) is 0 Å². The zero-order valence-electron chi connectivity index (χ0n) is 8.01. The van der Waals surface area contributed by atoms with Crippen LogP contribution >= 0.6 is 0 Å². The Labute approximate surface area is 77.8 Å². The van der Waals surface area contributed by atoms with Crippen molar-refractivity contribution in [1.29, 1.82) is 0 Å². The van der Waals surface area contributed by atoms with E-state index in [4.69, 9.17) is 10.2 Å². The number of hydrogen-bond acceptors (Lipinski definition) is 3. The summed E-state index contributed by atoms with van der Waals surface area (Å²) in [6.07, 6.45) is 3.63. The van der Waals surface area contributed by atoms with Gasteiger partial charge in [-0.05, 0) is 11.5 Å². The second-order valence-corrected chi connectivity index (χ2v) is 3.43. The van der Waals surface area contributed by atoms with E-state index < -0.39 is 0 Å². The molecule has 0 saturated heterocycles. The van der Waals surface area contributed by atoms with Crippen LogP contribution in [0.4, 0.5) is 0 Å². The fourth-order valence-electron chi connectivity index (χ4n) is 1.08. The molecule has 1 heterocycles. The average molecular weight is 184 g/mol. The monoisotopic (exact) mass is 184 g/mol. The first kappa shape index (κ1) is 10.2. The number of nitrogens with zero attached hydrogens (tertiary/aromatic N) is 2. The van der Waals surface area contributed by atoms with Crippen molar-refractivity contribution in [1.82, 2.24) is 9.78 Å². The largest absolute Gasteiger partial charge is 0.394 e. The van der Waals surface area contributed by atoms with E-state index in [-0.39, 0.29) is 19.3 Å². The van der Waals surface area contributed by atoms with Crippen molar-refractivity contribution in [2.24, 2.45) is 0 Å². The lowest BCUT2D eigenvalue weighted by atomic mass is 10.1. The molecule has 4 nitrogen and oxygen atoms in total. The van der Waals surface area contributed by atoms with Crippen LogP contribution in [0.1, 0.15) is 31.4 Å². The molecular weight excluding hydrogens is 168 g/mol. The first-order valence-corrected chi connectivity index (χ1v) is 4.44. The summed E-state index contributed by atoms with van der Waals surface area (Å²) in [6, 6.07) is -0.313. The van der Waals surface area contributed by atoms with Crippen molar-refractivity contribution < 1.29 is 10.2 Å². The fraction of sp³-hybridized carbons (Fsp3) is 0.667. The molecule has 1 rings (SSSR count). The maximum absolute atomic E-state index is 8.91. The summed E-state index contributed by atoms with van der Waals surface area (Å²) in [5.41, 5.74) is 1.12. The van der Waals surface area contributed by atoms with E-state index in [1.807, 2.05) is 6.20 Å². The Kier molecular flexibility index (Phi) is 3.45. The van der Waals surface area contributed by atoms with E-state index in [9.17, 15) is 0 Å². The zero-order chi connectivity index (χ0) is 9.84. The van der Waals surface area contributed by atoms with Gasteiger partial charge in [-0.15, -0.1) is 0 Å². The van der Waals surface area contributed by atoms with Gasteiger partial charge < -0.3 is 10.2 Å². The molecule has 0 amide bonds. The summed E-state index contributed by atoms with van der Waals surface area (Å²) >= 11 is 0. The summed E-state index contributed by atoms with van der Waals surface area (Å²) in [7, 11) is 0. The lowest BCUT2D eigenvalue weighted by molar-refractivity contribution is 0.146. The molecule has 2 N–H and O–H groups in total. The first-order chi connectivity index (χ1) is 6.19. The Balaban J connectivity index is 2.78. The maximum Gasteiger partial charge on any atom is 0.0979 e. The van der Waals surface area contributed by atoms with Crippen LogP contribution in [0.2, 0.25) is 0 Å². The molecule has 0 bridgehead atoms. The third kappa shape index (κ3) is 2.29. The van der Waals surface area contributed by atoms with E-state index in [1.165, 1.54) is 0 Å². The molecule has 74 valence electrons. The second kappa shape index (κ2) is 4.39. The molecule has 0 aromatic carbocycles. The van der Waals surface area contributed by atoms with Crippen molar-refractivity contribution in [3.63, 3.8) is 0 Å². The highest BCUT2D eigenvalue weighted by molar-refractivity contribution is 5.09. The predicted molar refractivity (Wildman–Crippen MR) is 49.5 cm³/mol. The van der Waals surface area contributed by atoms with Gasteiger partial charge in [-0.2, -0.15) is 5.10 Å². The Morgan fingerprint density at radius 1 is 1.38 bits per heavy atom. The normalized spacial score (nSPS) is 11.5. The molecule has 0 fully saturated rings. The van der Waals surface area contributed by atoms with Gasteiger partial charge in [0.1, 0.15) is 0 Å². The average Bonchev–Trinajstić information content (AvgIpc) is 2.56. The van der Waals surface area contributed by atoms with Crippen molar-refractivity contribution in [2.45, 2.75) is 25.8 Å². The van der Waals surface area contributed by atoms with E-state index in [1.54, 1.807) is 10.9 Å². The highest BCUT2D eigenvalue weighted by Gasteiger charge is 2.10. The topological polar surface area (TPSA) is 58.3 Å². The van der Waals surface area contributed by atoms with Crippen LogP contribution < -0.4 is 0 Å². The van der Waals surface area contributed by atoms with Crippen LogP contribution in [0, 0.1) is 0 Å². The third-order valence-corrected chi connectivity index (χ3v) is 2.08. The molecule has 0 aliphatic rings. The molecule has 0 aliphatic heterocycles. The van der Waals surface area contributed by atoms with Crippen LogP contribution in [0.3, 0.4) is 0 Å². The van der Waals surface area contributed by atoms with Gasteiger partial charge in [0.05, 0.1) is 25.5 Å². The van der Waals surface area contributed by atoms with Gasteiger partial charge in [-0.3, -0.25) is 4.68 Å². The Bertz CT molecular complexity index is 254. The fourth-order valence-corrected chi connectivity index (χ4v) is 1.08. The summed E-state index contributed by atoms with van der Waals surface area (Å²) in [5.74, 6) is 0.423. The van der Waals surface area contributed by atoms with Crippen LogP contribution in [0.15, 0.2) is 12.4 Å². The van der Waals surface area contributed by atoms with Gasteiger partial charge in [-0.1, -0.05) is 13.8 Å². The van der Waals surface area contributed by atoms with E-state index in [0.717, 1.165) is 5.56 Å². The van der Waals surface area contributed by atoms with Gasteiger partial charge in [-0.25, -0.2) is 0 Å². The van der Waals surface area contributed by atoms with E-state index in [2.05, 4.69) is 18.9 Å². The minimum absolute atomic E-state index is 0.0876. The predicted octanol–water partition coefficient (Wildman–Crippen LogP) is 0.532. The number of hydrogen-bond donors (Lipinski definition) is 2. The molecule has 4 heteroatoms. The number of aromatic nitrogens is 2. The smallest absolute Gasteiger partial charge is 0.0979 e. The molecule has 0 unspecified atom stereocenters. The van der Waals surface area contributed by atoms with Gasteiger partial charge in [0.15, 0.2) is 0 Å². The Morgan fingerprint density at radius 3 is 2.38 bits per heavy atom. The van der Waals surface area contributed by atoms with E-state index in [0.29, 0.717) is 5.92 Å². The van der Waals surface area contributed by atoms with Gasteiger partial charge in [0.25, 0.3) is 0 Å². The lowest BCUT2D eigenvalue weighted by Crippen LogP contribution is -2.17. The summed E-state index contributed by atoms with van der Waals surface area (Å²) in [6.45, 7) is 3.98. The van der Waals surface area contributed by atoms with E-state index >= 15 is 0 Å². The number of aliphatic hydroxyl groups excluding tert-OH is 2. The summed E-state index contributed by atoms with van der Waals surface area (Å²) in [5, 5.41) is 21.9. The zero-order valence-corrected chi connectivity index (χ0v) is 8.01. The molecule has 0 aliphatic carbocycles. The molecule has 1 aromatic heterocycles. The minimum atomic E-state index is -0.313. The van der Waals surface area contributed by atoms with Crippen LogP contribution in [-0.2, 0) is 0 Å². The molecule has 0 radical (unpaired) electrons. The van der Waals surface area contributed by atoms with Crippen molar-refractivity contribution in [3.05, 3.63) is 18.0 Å². The molecular formula is C9H16N2O2. The highest BCUT2D eigenvalue weighted by Crippen LogP contribution is 2.14. The van der Waals surface area contributed by atoms with Gasteiger partial charge in [0, 0.05) is 6.20 Å². The molecule has 13 heavy (non-hydrogen) atoms. The Hall–Kier alpha value is -0.870. The number of aliphatic hydroxyl groups is 2. The van der Waals surface area contributed by atoms with Gasteiger partial charge >= 0.3 is 0 Å². The molecule has 0 atom stereocenters. The van der Waals surface area contributed by atoms with Crippen LogP contribution in [0.5, 0.6) is 0 Å². The van der Waals surface area contributed by atoms with Gasteiger partial charge in [0.2, 0.25) is 0 Å². The summed E-state index contributed by atoms with van der Waals surface area (Å²) in [4.78, 5) is 0. The lowest BCUT2D eigenvalue weighted by Gasteiger charge is -2.10. The van der Waals surface area contributed by atoms with Crippen molar-refractivity contribution >= 4 is 0 Å². The quantitative estimate of drug-likeness (QED) is 0.717.